The van der Waals surface area contributed by atoms with Gasteiger partial charge in [0.2, 0.25) is 11.8 Å². The third-order valence-electron chi connectivity index (χ3n) is 5.74. The molecule has 0 saturated carbocycles. The molecule has 2 aromatic carbocycles. The van der Waals surface area contributed by atoms with Crippen molar-refractivity contribution >= 4 is 28.2 Å². The van der Waals surface area contributed by atoms with E-state index >= 15 is 0 Å². The van der Waals surface area contributed by atoms with Gasteiger partial charge in [0.15, 0.2) is 0 Å². The fourth-order valence-corrected chi connectivity index (χ4v) is 4.11. The highest BCUT2D eigenvalue weighted by Gasteiger charge is 2.27. The number of rotatable bonds is 4. The molecule has 0 amide bonds. The third kappa shape index (κ3) is 3.94. The Morgan fingerprint density at radius 1 is 1.16 bits per heavy atom. The molecule has 0 radical (unpaired) electrons. The molecule has 1 fully saturated rings. The number of nitro groups is 1. The fourth-order valence-electron chi connectivity index (χ4n) is 4.11. The average Bonchev–Trinajstić information content (AvgIpc) is 3.05. The molecule has 0 atom stereocenters. The second kappa shape index (κ2) is 8.31. The summed E-state index contributed by atoms with van der Waals surface area (Å²) in [4.78, 5) is 30.4. The lowest BCUT2D eigenvalue weighted by Gasteiger charge is -2.27. The quantitative estimate of drug-likeness (QED) is 0.393. The van der Waals surface area contributed by atoms with Gasteiger partial charge in [-0.05, 0) is 39.0 Å². The number of aromatic nitrogens is 1. The molecule has 31 heavy (non-hydrogen) atoms. The minimum Gasteiger partial charge on any atom is -0.494 e. The van der Waals surface area contributed by atoms with E-state index in [1.54, 1.807) is 6.07 Å². The van der Waals surface area contributed by atoms with E-state index in [0.717, 1.165) is 36.1 Å². The van der Waals surface area contributed by atoms with Crippen molar-refractivity contribution in [2.45, 2.75) is 25.8 Å². The van der Waals surface area contributed by atoms with Crippen LogP contribution in [0.4, 0.5) is 5.69 Å². The monoisotopic (exact) mass is 420 g/mol. The van der Waals surface area contributed by atoms with Crippen LogP contribution in [-0.4, -0.2) is 57.3 Å². The molecule has 0 unspecified atom stereocenters. The van der Waals surface area contributed by atoms with Crippen molar-refractivity contribution in [1.29, 1.82) is 0 Å². The van der Waals surface area contributed by atoms with Gasteiger partial charge in [-0.1, -0.05) is 30.3 Å². The number of aliphatic imine (C=N–C) groups is 1. The van der Waals surface area contributed by atoms with Gasteiger partial charge in [0.05, 0.1) is 27.8 Å². The van der Waals surface area contributed by atoms with E-state index in [1.165, 1.54) is 19.1 Å². The number of carbonyl (C=O) groups is 1. The van der Waals surface area contributed by atoms with Crippen LogP contribution in [0, 0.1) is 10.1 Å². The standard InChI is InChI=1S/C23H24N4O4/c1-15(28)26-20-14-18(27(30)31)8-9-19(20)21(23(26)29)22(16-6-4-3-5-7-16)24-17-10-12-25(2)13-11-17/h3-9,14,17,29H,10-13H2,1-2H3. The smallest absolute Gasteiger partial charge is 0.271 e. The summed E-state index contributed by atoms with van der Waals surface area (Å²) in [6.07, 6.45) is 1.79. The number of hydrogen-bond donors (Lipinski definition) is 1. The maximum Gasteiger partial charge on any atom is 0.271 e. The van der Waals surface area contributed by atoms with E-state index in [-0.39, 0.29) is 17.6 Å². The van der Waals surface area contributed by atoms with Crippen molar-refractivity contribution in [2.75, 3.05) is 20.1 Å². The summed E-state index contributed by atoms with van der Waals surface area (Å²) in [6.45, 7) is 3.19. The second-order valence-electron chi connectivity index (χ2n) is 7.89. The van der Waals surface area contributed by atoms with Crippen molar-refractivity contribution in [1.82, 2.24) is 9.47 Å². The molecule has 1 N–H and O–H groups in total. The first-order valence-electron chi connectivity index (χ1n) is 10.2. The number of piperidine rings is 1. The highest BCUT2D eigenvalue weighted by atomic mass is 16.6. The predicted molar refractivity (Wildman–Crippen MR) is 119 cm³/mol. The Balaban J connectivity index is 1.96. The Labute approximate surface area is 179 Å². The summed E-state index contributed by atoms with van der Waals surface area (Å²) in [5.74, 6) is -0.681. The lowest BCUT2D eigenvalue weighted by atomic mass is 9.99. The van der Waals surface area contributed by atoms with Crippen molar-refractivity contribution in [2.24, 2.45) is 4.99 Å². The first-order chi connectivity index (χ1) is 14.9. The zero-order chi connectivity index (χ0) is 22.1. The molecule has 1 aromatic heterocycles. The van der Waals surface area contributed by atoms with E-state index in [1.807, 2.05) is 30.3 Å². The molecular weight excluding hydrogens is 396 g/mol. The number of hydrogen-bond acceptors (Lipinski definition) is 6. The van der Waals surface area contributed by atoms with Crippen LogP contribution in [-0.2, 0) is 0 Å². The van der Waals surface area contributed by atoms with Gasteiger partial charge in [0.1, 0.15) is 0 Å². The van der Waals surface area contributed by atoms with Crippen LogP contribution in [0.15, 0.2) is 53.5 Å². The van der Waals surface area contributed by atoms with Crippen LogP contribution < -0.4 is 0 Å². The number of nitro benzene ring substituents is 1. The maximum absolute atomic E-state index is 12.3. The predicted octanol–water partition coefficient (Wildman–Crippen LogP) is 3.85. The third-order valence-corrected chi connectivity index (χ3v) is 5.74. The van der Waals surface area contributed by atoms with Crippen molar-refractivity contribution < 1.29 is 14.8 Å². The molecule has 1 aliphatic rings. The topological polar surface area (TPSA) is 101 Å². The summed E-state index contributed by atoms with van der Waals surface area (Å²) in [5.41, 5.74) is 1.98. The SMILES string of the molecule is CC(=O)n1c(O)c(C(=NC2CCN(C)CC2)c2ccccc2)c2ccc([N+](=O)[O-])cc21. The summed E-state index contributed by atoms with van der Waals surface area (Å²) < 4.78 is 1.12. The average molecular weight is 420 g/mol. The minimum atomic E-state index is -0.516. The number of likely N-dealkylation sites (tertiary alicyclic amines) is 1. The van der Waals surface area contributed by atoms with Crippen LogP contribution in [0.3, 0.4) is 0 Å². The molecule has 0 bridgehead atoms. The molecule has 160 valence electrons. The molecule has 4 rings (SSSR count). The zero-order valence-electron chi connectivity index (χ0n) is 17.5. The van der Waals surface area contributed by atoms with Gasteiger partial charge in [-0.25, -0.2) is 4.57 Å². The summed E-state index contributed by atoms with van der Waals surface area (Å²) >= 11 is 0. The van der Waals surface area contributed by atoms with Gasteiger partial charge >= 0.3 is 0 Å². The van der Waals surface area contributed by atoms with E-state index < -0.39 is 10.8 Å². The normalized spacial score (nSPS) is 16.0. The Hall–Kier alpha value is -3.52. The molecule has 8 heteroatoms. The molecule has 8 nitrogen and oxygen atoms in total. The highest BCUT2D eigenvalue weighted by Crippen LogP contribution is 2.36. The molecule has 0 spiro atoms. The van der Waals surface area contributed by atoms with Crippen LogP contribution in [0.5, 0.6) is 5.88 Å². The van der Waals surface area contributed by atoms with Gasteiger partial charge in [0, 0.05) is 30.0 Å². The largest absolute Gasteiger partial charge is 0.494 e. The van der Waals surface area contributed by atoms with Crippen molar-refractivity contribution in [3.8, 4) is 5.88 Å². The number of benzene rings is 2. The Kier molecular flexibility index (Phi) is 5.56. The molecule has 2 heterocycles. The number of aromatic hydroxyl groups is 1. The van der Waals surface area contributed by atoms with E-state index in [0.29, 0.717) is 22.2 Å². The van der Waals surface area contributed by atoms with Crippen molar-refractivity contribution in [3.63, 3.8) is 0 Å². The molecule has 3 aromatic rings. The molecular formula is C23H24N4O4. The number of nitrogens with zero attached hydrogens (tertiary/aromatic N) is 4. The first-order valence-corrected chi connectivity index (χ1v) is 10.2. The fraction of sp³-hybridized carbons (Fsp3) is 0.304. The van der Waals surface area contributed by atoms with E-state index in [9.17, 15) is 20.0 Å². The van der Waals surface area contributed by atoms with Crippen molar-refractivity contribution in [3.05, 3.63) is 69.8 Å². The Morgan fingerprint density at radius 2 is 1.84 bits per heavy atom. The second-order valence-corrected chi connectivity index (χ2v) is 7.89. The van der Waals surface area contributed by atoms with Gasteiger partial charge in [-0.15, -0.1) is 0 Å². The Morgan fingerprint density at radius 3 is 2.45 bits per heavy atom. The van der Waals surface area contributed by atoms with E-state index in [4.69, 9.17) is 4.99 Å². The lowest BCUT2D eigenvalue weighted by Crippen LogP contribution is -2.32. The number of fused-ring (bicyclic) bond motifs is 1. The Bertz CT molecular complexity index is 1180. The van der Waals surface area contributed by atoms with Crippen LogP contribution in [0.25, 0.3) is 10.9 Å². The maximum atomic E-state index is 12.3. The molecule has 1 aliphatic heterocycles. The van der Waals surface area contributed by atoms with Gasteiger partial charge in [0.25, 0.3) is 5.69 Å². The number of carbonyl (C=O) groups excluding carboxylic acids is 1. The van der Waals surface area contributed by atoms with E-state index in [2.05, 4.69) is 11.9 Å². The van der Waals surface area contributed by atoms with Crippen LogP contribution in [0.1, 0.15) is 35.7 Å². The minimum absolute atomic E-state index is 0.0829. The first kappa shape index (κ1) is 20.7. The summed E-state index contributed by atoms with van der Waals surface area (Å²) in [7, 11) is 2.08. The van der Waals surface area contributed by atoms with Crippen LogP contribution >= 0.6 is 0 Å². The summed E-state index contributed by atoms with van der Waals surface area (Å²) in [5, 5.41) is 22.9. The van der Waals surface area contributed by atoms with Gasteiger partial charge in [-0.3, -0.25) is 19.9 Å². The number of non-ortho nitro benzene ring substituents is 1. The summed E-state index contributed by atoms with van der Waals surface area (Å²) in [6, 6.07) is 13.9. The van der Waals surface area contributed by atoms with Gasteiger partial charge in [-0.2, -0.15) is 0 Å². The van der Waals surface area contributed by atoms with Crippen LogP contribution in [0.2, 0.25) is 0 Å². The molecule has 1 saturated heterocycles. The lowest BCUT2D eigenvalue weighted by molar-refractivity contribution is -0.384. The highest BCUT2D eigenvalue weighted by molar-refractivity contribution is 6.22. The molecule has 0 aliphatic carbocycles. The van der Waals surface area contributed by atoms with Gasteiger partial charge < -0.3 is 10.0 Å². The zero-order valence-corrected chi connectivity index (χ0v) is 17.5.